The molecule has 1 aromatic rings. The summed E-state index contributed by atoms with van der Waals surface area (Å²) in [6.45, 7) is 2.37. The van der Waals surface area contributed by atoms with Gasteiger partial charge in [0.2, 0.25) is 5.91 Å². The molecule has 2 atom stereocenters. The second-order valence-electron chi connectivity index (χ2n) is 7.04. The van der Waals surface area contributed by atoms with Crippen molar-refractivity contribution in [1.29, 1.82) is 0 Å². The minimum absolute atomic E-state index is 0.0542. The summed E-state index contributed by atoms with van der Waals surface area (Å²) in [6.07, 6.45) is 0.865. The zero-order chi connectivity index (χ0) is 20.7. The Hall–Kier alpha value is -3.43. The van der Waals surface area contributed by atoms with E-state index in [2.05, 4.69) is 0 Å². The number of carbonyl (C=O) groups is 3. The van der Waals surface area contributed by atoms with Crippen LogP contribution in [-0.4, -0.2) is 57.8 Å². The molecular formula is C19H19N3O7. The molecule has 1 amide bonds. The van der Waals surface area contributed by atoms with Crippen LogP contribution >= 0.6 is 0 Å². The Bertz CT molecular complexity index is 924. The molecule has 0 bridgehead atoms. The summed E-state index contributed by atoms with van der Waals surface area (Å²) in [5, 5.41) is 10.7. The maximum atomic E-state index is 12.7. The van der Waals surface area contributed by atoms with Crippen molar-refractivity contribution in [3.05, 3.63) is 51.3 Å². The first kappa shape index (κ1) is 18.9. The van der Waals surface area contributed by atoms with Gasteiger partial charge in [0.25, 0.3) is 5.69 Å². The van der Waals surface area contributed by atoms with E-state index in [4.69, 9.17) is 9.47 Å². The van der Waals surface area contributed by atoms with Gasteiger partial charge in [-0.1, -0.05) is 0 Å². The Morgan fingerprint density at radius 1 is 1.21 bits per heavy atom. The van der Waals surface area contributed by atoms with Gasteiger partial charge in [0.1, 0.15) is 18.3 Å². The fraction of sp³-hybridized carbons (Fsp3) is 0.421. The van der Waals surface area contributed by atoms with Crippen LogP contribution in [0.15, 0.2) is 35.7 Å². The Morgan fingerprint density at radius 3 is 2.55 bits per heavy atom. The van der Waals surface area contributed by atoms with E-state index in [9.17, 15) is 24.5 Å². The maximum absolute atomic E-state index is 12.7. The third-order valence-electron chi connectivity index (χ3n) is 5.22. The van der Waals surface area contributed by atoms with Gasteiger partial charge in [-0.05, 0) is 24.6 Å². The second-order valence-corrected chi connectivity index (χ2v) is 7.04. The maximum Gasteiger partial charge on any atom is 0.357 e. The van der Waals surface area contributed by atoms with Crippen LogP contribution in [0.25, 0.3) is 0 Å². The van der Waals surface area contributed by atoms with Crippen LogP contribution in [0.5, 0.6) is 0 Å². The number of esters is 2. The zero-order valence-corrected chi connectivity index (χ0v) is 15.7. The SMILES string of the molecule is CCOC(=O)C1CN1C1=C(C(=O)OCc2ccc([N+](=O)[O-])cc2)N2C(=O)C[C@H]2C1. The lowest BCUT2D eigenvalue weighted by Crippen LogP contribution is -2.49. The first-order valence-corrected chi connectivity index (χ1v) is 9.29. The first-order valence-electron chi connectivity index (χ1n) is 9.29. The highest BCUT2D eigenvalue weighted by Crippen LogP contribution is 2.43. The summed E-state index contributed by atoms with van der Waals surface area (Å²) < 4.78 is 10.4. The summed E-state index contributed by atoms with van der Waals surface area (Å²) in [5.41, 5.74) is 1.35. The van der Waals surface area contributed by atoms with Crippen LogP contribution in [0.1, 0.15) is 25.3 Å². The molecular weight excluding hydrogens is 382 g/mol. The molecule has 4 rings (SSSR count). The van der Waals surface area contributed by atoms with Crippen LogP contribution in [0, 0.1) is 10.1 Å². The van der Waals surface area contributed by atoms with Gasteiger partial charge in [0.15, 0.2) is 0 Å². The number of ether oxygens (including phenoxy) is 2. The van der Waals surface area contributed by atoms with E-state index in [-0.39, 0.29) is 42.5 Å². The monoisotopic (exact) mass is 401 g/mol. The number of hydrogen-bond acceptors (Lipinski definition) is 8. The molecule has 10 heteroatoms. The van der Waals surface area contributed by atoms with E-state index in [1.165, 1.54) is 29.2 Å². The average Bonchev–Trinajstić information content (AvgIpc) is 3.43. The molecule has 3 aliphatic heterocycles. The van der Waals surface area contributed by atoms with E-state index in [1.807, 2.05) is 0 Å². The van der Waals surface area contributed by atoms with Crippen molar-refractivity contribution < 1.29 is 28.8 Å². The minimum Gasteiger partial charge on any atom is -0.464 e. The molecule has 0 spiro atoms. The highest BCUT2D eigenvalue weighted by atomic mass is 16.6. The van der Waals surface area contributed by atoms with Crippen molar-refractivity contribution in [2.24, 2.45) is 0 Å². The highest BCUT2D eigenvalue weighted by Gasteiger charge is 2.54. The molecule has 0 aliphatic carbocycles. The summed E-state index contributed by atoms with van der Waals surface area (Å²) >= 11 is 0. The largest absolute Gasteiger partial charge is 0.464 e. The summed E-state index contributed by atoms with van der Waals surface area (Å²) in [7, 11) is 0. The Morgan fingerprint density at radius 2 is 1.93 bits per heavy atom. The lowest BCUT2D eigenvalue weighted by molar-refractivity contribution is -0.384. The number of hydrogen-bond donors (Lipinski definition) is 0. The number of rotatable bonds is 7. The number of nitro benzene ring substituents is 1. The molecule has 0 N–H and O–H groups in total. The standard InChI is InChI=1S/C19H19N3O7/c1-2-28-18(24)15-9-20(15)14-7-13-8-16(23)21(13)17(14)19(25)29-10-11-3-5-12(6-4-11)22(26)27/h3-6,13,15H,2,7-10H2,1H3/t13-,15?,20?/m1/s1. The van der Waals surface area contributed by atoms with Crippen molar-refractivity contribution in [1.82, 2.24) is 9.80 Å². The number of nitrogens with zero attached hydrogens (tertiary/aromatic N) is 3. The van der Waals surface area contributed by atoms with Gasteiger partial charge < -0.3 is 19.3 Å². The van der Waals surface area contributed by atoms with Gasteiger partial charge in [-0.3, -0.25) is 14.9 Å². The summed E-state index contributed by atoms with van der Waals surface area (Å²) in [4.78, 5) is 50.1. The molecule has 3 heterocycles. The molecule has 1 unspecified atom stereocenters. The van der Waals surface area contributed by atoms with E-state index in [0.29, 0.717) is 30.6 Å². The predicted molar refractivity (Wildman–Crippen MR) is 96.9 cm³/mol. The minimum atomic E-state index is -0.650. The molecule has 0 radical (unpaired) electrons. The number of β-lactam (4-membered cyclic amide) rings is 1. The lowest BCUT2D eigenvalue weighted by atomic mass is 10.0. The van der Waals surface area contributed by atoms with Gasteiger partial charge in [-0.2, -0.15) is 0 Å². The van der Waals surface area contributed by atoms with Crippen LogP contribution in [0.4, 0.5) is 5.69 Å². The van der Waals surface area contributed by atoms with Gasteiger partial charge in [0, 0.05) is 37.2 Å². The van der Waals surface area contributed by atoms with E-state index in [1.54, 1.807) is 11.8 Å². The molecule has 0 aromatic heterocycles. The second kappa shape index (κ2) is 7.19. The highest BCUT2D eigenvalue weighted by molar-refractivity contribution is 5.99. The van der Waals surface area contributed by atoms with Crippen molar-refractivity contribution in [3.63, 3.8) is 0 Å². The number of benzene rings is 1. The molecule has 2 saturated heterocycles. The van der Waals surface area contributed by atoms with Crippen LogP contribution in [0.3, 0.4) is 0 Å². The molecule has 152 valence electrons. The Balaban J connectivity index is 1.47. The van der Waals surface area contributed by atoms with Gasteiger partial charge in [0.05, 0.1) is 17.6 Å². The smallest absolute Gasteiger partial charge is 0.357 e. The molecule has 1 aromatic carbocycles. The Kier molecular flexibility index (Phi) is 4.69. The van der Waals surface area contributed by atoms with Crippen LogP contribution in [0.2, 0.25) is 0 Å². The third kappa shape index (κ3) is 3.41. The van der Waals surface area contributed by atoms with Gasteiger partial charge >= 0.3 is 11.9 Å². The van der Waals surface area contributed by atoms with Crippen molar-refractivity contribution >= 4 is 23.5 Å². The fourth-order valence-corrected chi connectivity index (χ4v) is 3.69. The van der Waals surface area contributed by atoms with Crippen molar-refractivity contribution in [2.75, 3.05) is 13.2 Å². The number of non-ortho nitro benzene ring substituents is 1. The molecule has 3 aliphatic rings. The van der Waals surface area contributed by atoms with Crippen LogP contribution in [-0.2, 0) is 30.5 Å². The van der Waals surface area contributed by atoms with E-state index >= 15 is 0 Å². The predicted octanol–water partition coefficient (Wildman–Crippen LogP) is 1.10. The quantitative estimate of drug-likeness (QED) is 0.219. The number of amides is 1. The Labute approximate surface area is 165 Å². The summed E-state index contributed by atoms with van der Waals surface area (Å²) in [5.74, 6) is -1.15. The third-order valence-corrected chi connectivity index (χ3v) is 5.22. The number of fused-ring (bicyclic) bond motifs is 1. The van der Waals surface area contributed by atoms with E-state index in [0.717, 1.165) is 0 Å². The molecule has 10 nitrogen and oxygen atoms in total. The van der Waals surface area contributed by atoms with E-state index < -0.39 is 16.9 Å². The molecule has 2 fully saturated rings. The fourth-order valence-electron chi connectivity index (χ4n) is 3.69. The lowest BCUT2D eigenvalue weighted by Gasteiger charge is -2.35. The number of nitro groups is 1. The number of carbonyl (C=O) groups excluding carboxylic acids is 3. The normalized spacial score (nSPS) is 22.2. The summed E-state index contributed by atoms with van der Waals surface area (Å²) in [6, 6.07) is 5.16. The topological polar surface area (TPSA) is 119 Å². The first-order chi connectivity index (χ1) is 13.9. The van der Waals surface area contributed by atoms with Crippen molar-refractivity contribution in [2.45, 2.75) is 38.5 Å². The zero-order valence-electron chi connectivity index (χ0n) is 15.7. The molecule has 0 saturated carbocycles. The molecule has 29 heavy (non-hydrogen) atoms. The van der Waals surface area contributed by atoms with Crippen molar-refractivity contribution in [3.8, 4) is 0 Å². The van der Waals surface area contributed by atoms with Gasteiger partial charge in [-0.15, -0.1) is 0 Å². The van der Waals surface area contributed by atoms with Gasteiger partial charge in [-0.25, -0.2) is 9.59 Å². The average molecular weight is 401 g/mol. The van der Waals surface area contributed by atoms with Crippen LogP contribution < -0.4 is 0 Å².